The predicted molar refractivity (Wildman–Crippen MR) is 222 cm³/mol. The Balaban J connectivity index is 1.45. The van der Waals surface area contributed by atoms with Gasteiger partial charge in [-0.15, -0.1) is 0 Å². The van der Waals surface area contributed by atoms with E-state index in [9.17, 15) is 10.2 Å². The van der Waals surface area contributed by atoms with E-state index in [4.69, 9.17) is 18.9 Å². The first-order valence-corrected chi connectivity index (χ1v) is 19.9. The zero-order valence-corrected chi connectivity index (χ0v) is 32.6. The zero-order valence-electron chi connectivity index (χ0n) is 32.6. The summed E-state index contributed by atoms with van der Waals surface area (Å²) in [6, 6.07) is 41.5. The van der Waals surface area contributed by atoms with Gasteiger partial charge in [-0.2, -0.15) is 0 Å². The van der Waals surface area contributed by atoms with Crippen LogP contribution in [0.4, 0.5) is 0 Å². The molecular formula is C50H52O6. The van der Waals surface area contributed by atoms with Crippen LogP contribution in [0.1, 0.15) is 93.5 Å². The quantitative estimate of drug-likeness (QED) is 0.115. The molecule has 0 saturated heterocycles. The highest BCUT2D eigenvalue weighted by Gasteiger charge is 2.23. The maximum Gasteiger partial charge on any atom is 0.126 e. The van der Waals surface area contributed by atoms with E-state index >= 15 is 0 Å². The van der Waals surface area contributed by atoms with E-state index < -0.39 is 0 Å². The van der Waals surface area contributed by atoms with Crippen LogP contribution in [0.3, 0.4) is 0 Å². The van der Waals surface area contributed by atoms with Crippen molar-refractivity contribution in [3.8, 4) is 23.0 Å². The van der Waals surface area contributed by atoms with Crippen molar-refractivity contribution in [2.45, 2.75) is 78.8 Å². The molecule has 0 aromatic heterocycles. The lowest BCUT2D eigenvalue weighted by atomic mass is 9.89. The lowest BCUT2D eigenvalue weighted by molar-refractivity contribution is 0.280. The second-order valence-corrected chi connectivity index (χ2v) is 14.6. The molecule has 0 unspecified atom stereocenters. The fourth-order valence-electron chi connectivity index (χ4n) is 7.62. The third-order valence-corrected chi connectivity index (χ3v) is 10.2. The van der Waals surface area contributed by atoms with Gasteiger partial charge in [0.15, 0.2) is 0 Å². The molecule has 0 atom stereocenters. The van der Waals surface area contributed by atoms with Crippen LogP contribution in [0, 0.1) is 0 Å². The van der Waals surface area contributed by atoms with E-state index in [1.807, 2.05) is 36.4 Å². The minimum Gasteiger partial charge on any atom is -0.493 e. The van der Waals surface area contributed by atoms with Crippen molar-refractivity contribution in [3.63, 3.8) is 0 Å². The summed E-state index contributed by atoms with van der Waals surface area (Å²) >= 11 is 0. The smallest absolute Gasteiger partial charge is 0.126 e. The molecule has 6 aromatic rings. The molecule has 0 aliphatic heterocycles. The van der Waals surface area contributed by atoms with Gasteiger partial charge in [0, 0.05) is 25.7 Å². The molecule has 6 nitrogen and oxygen atoms in total. The van der Waals surface area contributed by atoms with Crippen LogP contribution < -0.4 is 18.9 Å². The number of aliphatic hydroxyl groups is 2. The van der Waals surface area contributed by atoms with Gasteiger partial charge in [-0.05, 0) is 104 Å². The number of fused-ring (bicyclic) bond motifs is 8. The normalized spacial score (nSPS) is 12.2. The molecule has 0 amide bonds. The van der Waals surface area contributed by atoms with Crippen molar-refractivity contribution in [1.29, 1.82) is 0 Å². The number of hydrogen-bond donors (Lipinski definition) is 2. The number of ether oxygens (including phenoxy) is 4. The largest absolute Gasteiger partial charge is 0.493 e. The van der Waals surface area contributed by atoms with Crippen molar-refractivity contribution in [2.75, 3.05) is 13.2 Å². The molecule has 0 fully saturated rings. The van der Waals surface area contributed by atoms with Crippen LogP contribution >= 0.6 is 0 Å². The summed E-state index contributed by atoms with van der Waals surface area (Å²) in [6.45, 7) is 6.00. The van der Waals surface area contributed by atoms with Gasteiger partial charge in [-0.3, -0.25) is 0 Å². The molecule has 0 heterocycles. The molecular weight excluding hydrogens is 697 g/mol. The Hall–Kier alpha value is -5.56. The van der Waals surface area contributed by atoms with Gasteiger partial charge in [-0.25, -0.2) is 0 Å². The van der Waals surface area contributed by atoms with Crippen LogP contribution in [-0.4, -0.2) is 23.4 Å². The molecule has 1 aliphatic rings. The zero-order chi connectivity index (χ0) is 38.7. The van der Waals surface area contributed by atoms with Gasteiger partial charge in [-0.1, -0.05) is 111 Å². The minimum absolute atomic E-state index is 0.0920. The van der Waals surface area contributed by atoms with Crippen LogP contribution in [-0.2, 0) is 52.1 Å². The molecule has 0 saturated carbocycles. The first-order valence-electron chi connectivity index (χ1n) is 19.9. The molecule has 56 heavy (non-hydrogen) atoms. The first-order chi connectivity index (χ1) is 27.6. The Morgan fingerprint density at radius 3 is 1.00 bits per heavy atom. The van der Waals surface area contributed by atoms with Crippen molar-refractivity contribution >= 4 is 0 Å². The summed E-state index contributed by atoms with van der Waals surface area (Å²) in [5.74, 6) is 3.31. The molecule has 6 heteroatoms. The van der Waals surface area contributed by atoms with Crippen LogP contribution in [0.15, 0.2) is 121 Å². The van der Waals surface area contributed by atoms with Crippen molar-refractivity contribution in [1.82, 2.24) is 0 Å². The van der Waals surface area contributed by atoms with E-state index in [-0.39, 0.29) is 13.2 Å². The number of para-hydroxylation sites is 2. The fourth-order valence-corrected chi connectivity index (χ4v) is 7.62. The van der Waals surface area contributed by atoms with Gasteiger partial charge < -0.3 is 29.2 Å². The maximum atomic E-state index is 10.6. The van der Waals surface area contributed by atoms with E-state index in [1.165, 1.54) is 0 Å². The highest BCUT2D eigenvalue weighted by Crippen LogP contribution is 2.40. The Bertz CT molecular complexity index is 1960. The molecule has 2 N–H and O–H groups in total. The second-order valence-electron chi connectivity index (χ2n) is 14.6. The first kappa shape index (κ1) is 38.7. The third-order valence-electron chi connectivity index (χ3n) is 10.2. The average Bonchev–Trinajstić information content (AvgIpc) is 3.22. The summed E-state index contributed by atoms with van der Waals surface area (Å²) in [5.41, 5.74) is 11.9. The summed E-state index contributed by atoms with van der Waals surface area (Å²) in [5, 5.41) is 21.2. The van der Waals surface area contributed by atoms with Crippen LogP contribution in [0.5, 0.6) is 23.0 Å². The number of aliphatic hydroxyl groups excluding tert-OH is 2. The standard InChI is InChI=1S/C50H52O6/c1-3-21-53-49-43-23-37(31-51)24-44(49)28-40-18-12-20-42(48(40)56-34-36-15-9-6-10-16-36)30-46-26-38(32-52)25-45(50(46)54-22-4-2)29-41-19-11-17-39(27-43)47(41)55-33-35-13-7-5-8-14-35/h5-20,23-26,51-52H,3-4,21-22,27-34H2,1-2H3. The topological polar surface area (TPSA) is 77.4 Å². The number of rotatable bonds is 14. The molecule has 8 bridgehead atoms. The van der Waals surface area contributed by atoms with Crippen molar-refractivity contribution in [3.05, 3.63) is 188 Å². The van der Waals surface area contributed by atoms with E-state index in [2.05, 4.69) is 98.8 Å². The molecule has 7 rings (SSSR count). The third kappa shape index (κ3) is 9.27. The fraction of sp³-hybridized carbons (Fsp3) is 0.280. The van der Waals surface area contributed by atoms with Gasteiger partial charge >= 0.3 is 0 Å². The van der Waals surface area contributed by atoms with Gasteiger partial charge in [0.1, 0.15) is 36.2 Å². The summed E-state index contributed by atoms with van der Waals surface area (Å²) in [4.78, 5) is 0. The lowest BCUT2D eigenvalue weighted by Crippen LogP contribution is -2.10. The maximum absolute atomic E-state index is 10.6. The molecule has 1 aliphatic carbocycles. The Kier molecular flexibility index (Phi) is 13.0. The lowest BCUT2D eigenvalue weighted by Gasteiger charge is -2.24. The molecule has 0 spiro atoms. The highest BCUT2D eigenvalue weighted by atomic mass is 16.5. The Labute approximate surface area is 331 Å². The van der Waals surface area contributed by atoms with E-state index in [0.29, 0.717) is 52.1 Å². The van der Waals surface area contributed by atoms with Gasteiger partial charge in [0.2, 0.25) is 0 Å². The highest BCUT2D eigenvalue weighted by molar-refractivity contribution is 5.57. The van der Waals surface area contributed by atoms with E-state index in [1.54, 1.807) is 0 Å². The van der Waals surface area contributed by atoms with Crippen LogP contribution in [0.25, 0.3) is 0 Å². The number of benzene rings is 6. The van der Waals surface area contributed by atoms with E-state index in [0.717, 1.165) is 103 Å². The number of hydrogen-bond acceptors (Lipinski definition) is 6. The summed E-state index contributed by atoms with van der Waals surface area (Å²) < 4.78 is 26.9. The molecule has 288 valence electrons. The van der Waals surface area contributed by atoms with Gasteiger partial charge in [0.25, 0.3) is 0 Å². The monoisotopic (exact) mass is 748 g/mol. The Morgan fingerprint density at radius 2 is 0.696 bits per heavy atom. The summed E-state index contributed by atoms with van der Waals surface area (Å²) in [7, 11) is 0. The van der Waals surface area contributed by atoms with Crippen LogP contribution in [0.2, 0.25) is 0 Å². The predicted octanol–water partition coefficient (Wildman–Crippen LogP) is 10.1. The second kappa shape index (κ2) is 18.9. The average molecular weight is 749 g/mol. The van der Waals surface area contributed by atoms with Crippen molar-refractivity contribution in [2.24, 2.45) is 0 Å². The van der Waals surface area contributed by atoms with Gasteiger partial charge in [0.05, 0.1) is 26.4 Å². The molecule has 6 aromatic carbocycles. The molecule has 0 radical (unpaired) electrons. The van der Waals surface area contributed by atoms with Crippen molar-refractivity contribution < 1.29 is 29.2 Å². The minimum atomic E-state index is -0.0920. The summed E-state index contributed by atoms with van der Waals surface area (Å²) in [6.07, 6.45) is 3.87. The Morgan fingerprint density at radius 1 is 0.375 bits per heavy atom. The SMILES string of the molecule is CCCOc1c2cc(CO)cc1Cc1cccc(c1OCc1ccccc1)Cc1cc(CO)cc(c1OCCC)Cc1cccc(c1OCc1ccccc1)C2.